The Morgan fingerprint density at radius 2 is 1.43 bits per heavy atom. The molecule has 1 atom stereocenters. The SMILES string of the molecule is O=C(CCC[PH](=O)O)N(c1ccccc1)c1ccccc1. The second kappa shape index (κ2) is 7.77. The highest BCUT2D eigenvalue weighted by Gasteiger charge is 2.17. The van der Waals surface area contributed by atoms with Crippen LogP contribution in [0.4, 0.5) is 11.4 Å². The van der Waals surface area contributed by atoms with E-state index in [9.17, 15) is 9.36 Å². The average Bonchev–Trinajstić information content (AvgIpc) is 2.49. The van der Waals surface area contributed by atoms with Crippen molar-refractivity contribution < 1.29 is 14.3 Å². The van der Waals surface area contributed by atoms with E-state index in [-0.39, 0.29) is 18.5 Å². The fourth-order valence-electron chi connectivity index (χ4n) is 2.09. The van der Waals surface area contributed by atoms with Crippen molar-refractivity contribution in [3.05, 3.63) is 60.7 Å². The molecule has 1 unspecified atom stereocenters. The highest BCUT2D eigenvalue weighted by molar-refractivity contribution is 7.37. The van der Waals surface area contributed by atoms with Crippen molar-refractivity contribution in [3.63, 3.8) is 0 Å². The highest BCUT2D eigenvalue weighted by atomic mass is 31.1. The molecule has 0 aliphatic heterocycles. The summed E-state index contributed by atoms with van der Waals surface area (Å²) in [7, 11) is -2.50. The minimum atomic E-state index is -2.50. The number of benzene rings is 2. The van der Waals surface area contributed by atoms with E-state index >= 15 is 0 Å². The lowest BCUT2D eigenvalue weighted by molar-refractivity contribution is -0.117. The maximum Gasteiger partial charge on any atom is 0.231 e. The fourth-order valence-corrected chi connectivity index (χ4v) is 2.57. The molecule has 0 bridgehead atoms. The molecule has 0 aliphatic rings. The molecule has 0 radical (unpaired) electrons. The molecule has 0 fully saturated rings. The quantitative estimate of drug-likeness (QED) is 0.830. The second-order valence-electron chi connectivity index (χ2n) is 4.65. The van der Waals surface area contributed by atoms with Gasteiger partial charge in [0.25, 0.3) is 0 Å². The van der Waals surface area contributed by atoms with Crippen LogP contribution in [-0.4, -0.2) is 17.0 Å². The van der Waals surface area contributed by atoms with Crippen LogP contribution in [0.2, 0.25) is 0 Å². The number of hydrogen-bond donors (Lipinski definition) is 1. The van der Waals surface area contributed by atoms with E-state index in [1.54, 1.807) is 4.90 Å². The van der Waals surface area contributed by atoms with E-state index in [1.165, 1.54) is 0 Å². The molecule has 5 heteroatoms. The lowest BCUT2D eigenvalue weighted by Crippen LogP contribution is -2.25. The third-order valence-electron chi connectivity index (χ3n) is 3.06. The summed E-state index contributed by atoms with van der Waals surface area (Å²) in [6.45, 7) is 0. The van der Waals surface area contributed by atoms with Gasteiger partial charge < -0.3 is 4.89 Å². The third kappa shape index (κ3) is 4.55. The zero-order valence-electron chi connectivity index (χ0n) is 11.6. The van der Waals surface area contributed by atoms with Gasteiger partial charge in [0.1, 0.15) is 0 Å². The van der Waals surface area contributed by atoms with Gasteiger partial charge in [0, 0.05) is 24.0 Å². The fraction of sp³-hybridized carbons (Fsp3) is 0.188. The van der Waals surface area contributed by atoms with Crippen molar-refractivity contribution >= 4 is 25.3 Å². The Hall–Kier alpha value is -1.90. The second-order valence-corrected chi connectivity index (χ2v) is 5.94. The number of carbonyl (C=O) groups is 1. The number of amides is 1. The first-order chi connectivity index (χ1) is 10.2. The lowest BCUT2D eigenvalue weighted by atomic mass is 10.2. The van der Waals surface area contributed by atoms with Gasteiger partial charge in [-0.15, -0.1) is 0 Å². The summed E-state index contributed by atoms with van der Waals surface area (Å²) in [6.07, 6.45) is 0.859. The van der Waals surface area contributed by atoms with Crippen molar-refractivity contribution in [2.45, 2.75) is 12.8 Å². The number of para-hydroxylation sites is 2. The molecule has 0 spiro atoms. The molecule has 0 aliphatic carbocycles. The Balaban J connectivity index is 2.21. The first kappa shape index (κ1) is 15.5. The molecule has 2 aromatic carbocycles. The minimum Gasteiger partial charge on any atom is -0.346 e. The van der Waals surface area contributed by atoms with Crippen LogP contribution >= 0.6 is 8.03 Å². The van der Waals surface area contributed by atoms with Crippen LogP contribution in [0.3, 0.4) is 0 Å². The van der Waals surface area contributed by atoms with Crippen LogP contribution in [0.1, 0.15) is 12.8 Å². The van der Waals surface area contributed by atoms with E-state index < -0.39 is 8.03 Å². The van der Waals surface area contributed by atoms with Crippen LogP contribution in [-0.2, 0) is 9.36 Å². The first-order valence-electron chi connectivity index (χ1n) is 6.83. The van der Waals surface area contributed by atoms with Gasteiger partial charge in [-0.3, -0.25) is 14.3 Å². The molecule has 0 saturated carbocycles. The summed E-state index contributed by atoms with van der Waals surface area (Å²) in [5, 5.41) is 0. The number of nitrogens with zero attached hydrogens (tertiary/aromatic N) is 1. The molecule has 4 nitrogen and oxygen atoms in total. The van der Waals surface area contributed by atoms with E-state index in [4.69, 9.17) is 4.89 Å². The maximum atomic E-state index is 12.5. The molecule has 1 N–H and O–H groups in total. The number of anilines is 2. The number of hydrogen-bond acceptors (Lipinski definition) is 2. The van der Waals surface area contributed by atoms with Crippen LogP contribution in [0, 0.1) is 0 Å². The van der Waals surface area contributed by atoms with Crippen LogP contribution in [0.25, 0.3) is 0 Å². The molecule has 0 aromatic heterocycles. The molecule has 0 heterocycles. The Labute approximate surface area is 124 Å². The number of rotatable bonds is 6. The van der Waals surface area contributed by atoms with Crippen molar-refractivity contribution in [1.82, 2.24) is 0 Å². The van der Waals surface area contributed by atoms with Crippen molar-refractivity contribution in [2.24, 2.45) is 0 Å². The van der Waals surface area contributed by atoms with Crippen LogP contribution < -0.4 is 4.90 Å². The van der Waals surface area contributed by atoms with Gasteiger partial charge in [-0.2, -0.15) is 0 Å². The number of carbonyl (C=O) groups excluding carboxylic acids is 1. The van der Waals surface area contributed by atoms with E-state index in [1.807, 2.05) is 60.7 Å². The van der Waals surface area contributed by atoms with E-state index in [0.29, 0.717) is 6.42 Å². The summed E-state index contributed by atoms with van der Waals surface area (Å²) in [5.41, 5.74) is 1.59. The smallest absolute Gasteiger partial charge is 0.231 e. The molecule has 2 aromatic rings. The first-order valence-corrected chi connectivity index (χ1v) is 8.39. The van der Waals surface area contributed by atoms with Gasteiger partial charge in [-0.25, -0.2) is 0 Å². The third-order valence-corrected chi connectivity index (χ3v) is 3.84. The normalized spacial score (nSPS) is 11.9. The molecule has 0 saturated heterocycles. The minimum absolute atomic E-state index is 0.0735. The topological polar surface area (TPSA) is 57.6 Å². The summed E-state index contributed by atoms with van der Waals surface area (Å²) < 4.78 is 10.8. The van der Waals surface area contributed by atoms with Crippen molar-refractivity contribution in [2.75, 3.05) is 11.1 Å². The van der Waals surface area contributed by atoms with Gasteiger partial charge in [0.15, 0.2) is 8.03 Å². The van der Waals surface area contributed by atoms with Gasteiger partial charge in [0.05, 0.1) is 0 Å². The Morgan fingerprint density at radius 3 is 1.86 bits per heavy atom. The predicted octanol–water partition coefficient (Wildman–Crippen LogP) is 3.60. The molecular formula is C16H18NO3P. The van der Waals surface area contributed by atoms with Gasteiger partial charge in [0.2, 0.25) is 5.91 Å². The van der Waals surface area contributed by atoms with Crippen molar-refractivity contribution in [1.29, 1.82) is 0 Å². The summed E-state index contributed by atoms with van der Waals surface area (Å²) >= 11 is 0. The van der Waals surface area contributed by atoms with Crippen LogP contribution in [0.5, 0.6) is 0 Å². The summed E-state index contributed by atoms with van der Waals surface area (Å²) in [4.78, 5) is 23.0. The van der Waals surface area contributed by atoms with Gasteiger partial charge in [-0.1, -0.05) is 36.4 Å². The maximum absolute atomic E-state index is 12.5. The van der Waals surface area contributed by atoms with Crippen molar-refractivity contribution in [3.8, 4) is 0 Å². The Bertz CT molecular complexity index is 562. The van der Waals surface area contributed by atoms with E-state index in [0.717, 1.165) is 11.4 Å². The summed E-state index contributed by atoms with van der Waals surface area (Å²) in [5.74, 6) is -0.0735. The molecule has 110 valence electrons. The monoisotopic (exact) mass is 303 g/mol. The molecular weight excluding hydrogens is 285 g/mol. The molecule has 1 amide bonds. The zero-order chi connectivity index (χ0) is 15.1. The Morgan fingerprint density at radius 1 is 0.952 bits per heavy atom. The zero-order valence-corrected chi connectivity index (χ0v) is 12.6. The summed E-state index contributed by atoms with van der Waals surface area (Å²) in [6, 6.07) is 18.8. The van der Waals surface area contributed by atoms with Gasteiger partial charge >= 0.3 is 0 Å². The standard InChI is InChI=1S/C16H18NO3P/c18-16(12-7-13-21(19)20)17(14-8-3-1-4-9-14)15-10-5-2-6-11-15/h1-6,8-11,21H,7,12-13H2,(H,19,20). The van der Waals surface area contributed by atoms with Crippen LogP contribution in [0.15, 0.2) is 60.7 Å². The van der Waals surface area contributed by atoms with E-state index in [2.05, 4.69) is 0 Å². The largest absolute Gasteiger partial charge is 0.346 e. The Kier molecular flexibility index (Phi) is 5.73. The predicted molar refractivity (Wildman–Crippen MR) is 85.4 cm³/mol. The highest BCUT2D eigenvalue weighted by Crippen LogP contribution is 2.26. The molecule has 21 heavy (non-hydrogen) atoms. The lowest BCUT2D eigenvalue weighted by Gasteiger charge is -2.23. The van der Waals surface area contributed by atoms with Gasteiger partial charge in [-0.05, 0) is 30.7 Å². The molecule has 2 rings (SSSR count). The average molecular weight is 303 g/mol.